The highest BCUT2D eigenvalue weighted by Gasteiger charge is 2.23. The first kappa shape index (κ1) is 20.2. The van der Waals surface area contributed by atoms with Crippen molar-refractivity contribution in [1.29, 1.82) is 0 Å². The van der Waals surface area contributed by atoms with Crippen molar-refractivity contribution < 1.29 is 4.74 Å². The minimum absolute atomic E-state index is 0.287. The number of nitrogens with one attached hydrogen (secondary N) is 2. The normalized spacial score (nSPS) is 16.1. The summed E-state index contributed by atoms with van der Waals surface area (Å²) in [7, 11) is 1.70. The maximum atomic E-state index is 5.31. The molecule has 1 unspecified atom stereocenters. The molecule has 0 saturated carbocycles. The zero-order chi connectivity index (χ0) is 19.6. The Morgan fingerprint density at radius 3 is 2.64 bits per heavy atom. The standard InChI is InChI=1S/C21H32N6O/c1-3-22-21(23-12-16-27-15-6-11-25-27)24-17-20(26-13-4-5-14-26)18-7-9-19(28-2)10-8-18/h6-11,15,20H,3-5,12-14,16-17H2,1-2H3,(H2,22,23,24). The summed E-state index contributed by atoms with van der Waals surface area (Å²) in [4.78, 5) is 7.43. The maximum Gasteiger partial charge on any atom is 0.191 e. The van der Waals surface area contributed by atoms with Gasteiger partial charge in [0.25, 0.3) is 0 Å². The molecule has 0 bridgehead atoms. The molecule has 1 fully saturated rings. The summed E-state index contributed by atoms with van der Waals surface area (Å²) in [5.74, 6) is 1.74. The van der Waals surface area contributed by atoms with E-state index in [0.717, 1.165) is 51.0 Å². The molecule has 1 aliphatic rings. The molecule has 1 atom stereocenters. The molecule has 0 spiro atoms. The SMILES string of the molecule is CCNC(=NCC(c1ccc(OC)cc1)N1CCCC1)NCCn1cccn1. The molecule has 2 aromatic rings. The van der Waals surface area contributed by atoms with Crippen LogP contribution in [0, 0.1) is 0 Å². The third kappa shape index (κ3) is 5.73. The van der Waals surface area contributed by atoms with Gasteiger partial charge in [0.15, 0.2) is 5.96 Å². The van der Waals surface area contributed by atoms with E-state index >= 15 is 0 Å². The van der Waals surface area contributed by atoms with Gasteiger partial charge >= 0.3 is 0 Å². The molecule has 7 heteroatoms. The van der Waals surface area contributed by atoms with Gasteiger partial charge in [-0.2, -0.15) is 5.10 Å². The Balaban J connectivity index is 1.65. The van der Waals surface area contributed by atoms with Crippen LogP contribution in [0.5, 0.6) is 5.75 Å². The van der Waals surface area contributed by atoms with Gasteiger partial charge in [0.1, 0.15) is 5.75 Å². The van der Waals surface area contributed by atoms with E-state index in [2.05, 4.69) is 39.7 Å². The van der Waals surface area contributed by atoms with Gasteiger partial charge in [-0.05, 0) is 56.6 Å². The van der Waals surface area contributed by atoms with E-state index in [1.165, 1.54) is 18.4 Å². The molecule has 1 saturated heterocycles. The first-order valence-electron chi connectivity index (χ1n) is 10.2. The first-order valence-corrected chi connectivity index (χ1v) is 10.2. The number of hydrogen-bond donors (Lipinski definition) is 2. The number of methoxy groups -OCH3 is 1. The summed E-state index contributed by atoms with van der Waals surface area (Å²) < 4.78 is 7.23. The molecule has 3 rings (SSSR count). The number of aromatic nitrogens is 2. The van der Waals surface area contributed by atoms with E-state index in [1.807, 2.05) is 29.1 Å². The van der Waals surface area contributed by atoms with Crippen LogP contribution in [0.15, 0.2) is 47.7 Å². The number of likely N-dealkylation sites (tertiary alicyclic amines) is 1. The number of benzene rings is 1. The minimum Gasteiger partial charge on any atom is -0.497 e. The van der Waals surface area contributed by atoms with Gasteiger partial charge < -0.3 is 15.4 Å². The molecular formula is C21H32N6O. The minimum atomic E-state index is 0.287. The topological polar surface area (TPSA) is 66.7 Å². The molecule has 152 valence electrons. The van der Waals surface area contributed by atoms with Gasteiger partial charge in [0.05, 0.1) is 26.2 Å². The predicted molar refractivity (Wildman–Crippen MR) is 113 cm³/mol. The van der Waals surface area contributed by atoms with Crippen LogP contribution in [0.3, 0.4) is 0 Å². The summed E-state index contributed by atoms with van der Waals surface area (Å²) in [5.41, 5.74) is 1.29. The molecule has 1 aromatic carbocycles. The van der Waals surface area contributed by atoms with Gasteiger partial charge in [-0.15, -0.1) is 0 Å². The van der Waals surface area contributed by atoms with Crippen molar-refractivity contribution in [1.82, 2.24) is 25.3 Å². The van der Waals surface area contributed by atoms with Crippen molar-refractivity contribution in [2.45, 2.75) is 32.4 Å². The quantitative estimate of drug-likeness (QED) is 0.513. The number of nitrogens with zero attached hydrogens (tertiary/aromatic N) is 4. The number of rotatable bonds is 9. The fourth-order valence-corrected chi connectivity index (χ4v) is 3.55. The summed E-state index contributed by atoms with van der Waals surface area (Å²) in [6, 6.07) is 10.6. The molecule has 0 amide bonds. The zero-order valence-corrected chi connectivity index (χ0v) is 17.0. The van der Waals surface area contributed by atoms with Crippen molar-refractivity contribution in [3.05, 3.63) is 48.3 Å². The van der Waals surface area contributed by atoms with E-state index in [0.29, 0.717) is 0 Å². The van der Waals surface area contributed by atoms with E-state index in [-0.39, 0.29) is 6.04 Å². The third-order valence-electron chi connectivity index (χ3n) is 5.04. The summed E-state index contributed by atoms with van der Waals surface area (Å²) in [5, 5.41) is 11.0. The van der Waals surface area contributed by atoms with E-state index in [1.54, 1.807) is 13.3 Å². The molecule has 2 heterocycles. The summed E-state index contributed by atoms with van der Waals surface area (Å²) in [6.45, 7) is 7.51. The molecule has 0 aliphatic carbocycles. The van der Waals surface area contributed by atoms with Crippen LogP contribution in [0.25, 0.3) is 0 Å². The fourth-order valence-electron chi connectivity index (χ4n) is 3.55. The van der Waals surface area contributed by atoms with Crippen molar-refractivity contribution in [2.75, 3.05) is 39.8 Å². The van der Waals surface area contributed by atoms with Crippen molar-refractivity contribution in [3.63, 3.8) is 0 Å². The van der Waals surface area contributed by atoms with E-state index < -0.39 is 0 Å². The van der Waals surface area contributed by atoms with Gasteiger partial charge in [-0.1, -0.05) is 12.1 Å². The molecule has 1 aliphatic heterocycles. The molecular weight excluding hydrogens is 352 g/mol. The number of hydrogen-bond acceptors (Lipinski definition) is 4. The monoisotopic (exact) mass is 384 g/mol. The van der Waals surface area contributed by atoms with Gasteiger partial charge in [-0.25, -0.2) is 0 Å². The Morgan fingerprint density at radius 2 is 2.00 bits per heavy atom. The predicted octanol–water partition coefficient (Wildman–Crippen LogP) is 2.28. The summed E-state index contributed by atoms with van der Waals surface area (Å²) >= 11 is 0. The second-order valence-electron chi connectivity index (χ2n) is 6.95. The Morgan fingerprint density at radius 1 is 1.21 bits per heavy atom. The zero-order valence-electron chi connectivity index (χ0n) is 17.0. The number of guanidine groups is 1. The summed E-state index contributed by atoms with van der Waals surface area (Å²) in [6.07, 6.45) is 6.30. The van der Waals surface area contributed by atoms with Crippen LogP contribution < -0.4 is 15.4 Å². The lowest BCUT2D eigenvalue weighted by atomic mass is 10.1. The Kier molecular flexibility index (Phi) is 7.72. The second-order valence-corrected chi connectivity index (χ2v) is 6.95. The average Bonchev–Trinajstić information content (AvgIpc) is 3.43. The van der Waals surface area contributed by atoms with Gasteiger partial charge in [-0.3, -0.25) is 14.6 Å². The molecule has 1 aromatic heterocycles. The van der Waals surface area contributed by atoms with Crippen LogP contribution in [-0.4, -0.2) is 60.5 Å². The average molecular weight is 385 g/mol. The third-order valence-corrected chi connectivity index (χ3v) is 5.04. The highest BCUT2D eigenvalue weighted by molar-refractivity contribution is 5.79. The second kappa shape index (κ2) is 10.7. The van der Waals surface area contributed by atoms with E-state index in [4.69, 9.17) is 9.73 Å². The Bertz CT molecular complexity index is 707. The van der Waals surface area contributed by atoms with Gasteiger partial charge in [0.2, 0.25) is 0 Å². The highest BCUT2D eigenvalue weighted by atomic mass is 16.5. The van der Waals surface area contributed by atoms with Crippen LogP contribution in [0.1, 0.15) is 31.4 Å². The molecule has 7 nitrogen and oxygen atoms in total. The van der Waals surface area contributed by atoms with Crippen molar-refractivity contribution >= 4 is 5.96 Å². The largest absolute Gasteiger partial charge is 0.497 e. The van der Waals surface area contributed by atoms with Crippen molar-refractivity contribution in [2.24, 2.45) is 4.99 Å². The van der Waals surface area contributed by atoms with Crippen LogP contribution >= 0.6 is 0 Å². The highest BCUT2D eigenvalue weighted by Crippen LogP contribution is 2.27. The maximum absolute atomic E-state index is 5.31. The molecule has 28 heavy (non-hydrogen) atoms. The lowest BCUT2D eigenvalue weighted by Gasteiger charge is -2.27. The van der Waals surface area contributed by atoms with Crippen molar-refractivity contribution in [3.8, 4) is 5.75 Å². The van der Waals surface area contributed by atoms with E-state index in [9.17, 15) is 0 Å². The fraction of sp³-hybridized carbons (Fsp3) is 0.524. The first-order chi connectivity index (χ1) is 13.8. The smallest absolute Gasteiger partial charge is 0.191 e. The molecule has 2 N–H and O–H groups in total. The number of aliphatic imine (C=N–C) groups is 1. The lowest BCUT2D eigenvalue weighted by Crippen LogP contribution is -2.39. The van der Waals surface area contributed by atoms with Crippen LogP contribution in [-0.2, 0) is 6.54 Å². The van der Waals surface area contributed by atoms with Gasteiger partial charge in [0, 0.05) is 25.5 Å². The lowest BCUT2D eigenvalue weighted by molar-refractivity contribution is 0.251. The Hall–Kier alpha value is -2.54. The Labute approximate surface area is 167 Å². The van der Waals surface area contributed by atoms with Crippen LogP contribution in [0.2, 0.25) is 0 Å². The van der Waals surface area contributed by atoms with Crippen LogP contribution in [0.4, 0.5) is 0 Å². The molecule has 0 radical (unpaired) electrons. The number of ether oxygens (including phenoxy) is 1.